The Balaban J connectivity index is 1.97. The third-order valence-corrected chi connectivity index (χ3v) is 7.52. The lowest BCUT2D eigenvalue weighted by atomic mass is 9.97. The number of fused-ring (bicyclic) bond motifs is 1. The number of benzene rings is 1. The largest absolute Gasteiger partial charge is 0.516 e. The minimum absolute atomic E-state index is 0.0114. The lowest BCUT2D eigenvalue weighted by molar-refractivity contribution is -0.0429. The third-order valence-electron chi connectivity index (χ3n) is 5.64. The predicted octanol–water partition coefficient (Wildman–Crippen LogP) is 4.96. The van der Waals surface area contributed by atoms with Crippen LogP contribution in [0.15, 0.2) is 22.4 Å². The molecule has 204 valence electrons. The van der Waals surface area contributed by atoms with Gasteiger partial charge in [0, 0.05) is 25.4 Å². The van der Waals surface area contributed by atoms with Crippen molar-refractivity contribution in [3.8, 4) is 0 Å². The van der Waals surface area contributed by atoms with Crippen LogP contribution < -0.4 is 9.62 Å². The van der Waals surface area contributed by atoms with Crippen molar-refractivity contribution in [1.82, 2.24) is 10.2 Å². The van der Waals surface area contributed by atoms with Crippen LogP contribution in [-0.4, -0.2) is 63.0 Å². The average molecular weight is 565 g/mol. The van der Waals surface area contributed by atoms with E-state index in [2.05, 4.69) is 25.3 Å². The van der Waals surface area contributed by atoms with E-state index >= 15 is 0 Å². The molecule has 0 atom stereocenters. The van der Waals surface area contributed by atoms with E-state index in [4.69, 9.17) is 9.47 Å². The van der Waals surface area contributed by atoms with Crippen LogP contribution in [0.3, 0.4) is 0 Å². The Morgan fingerprint density at radius 2 is 1.95 bits per heavy atom. The molecule has 0 amide bonds. The summed E-state index contributed by atoms with van der Waals surface area (Å²) in [4.78, 5) is 14.1. The molecular weight excluding hydrogens is 537 g/mol. The van der Waals surface area contributed by atoms with E-state index in [1.807, 2.05) is 13.8 Å². The van der Waals surface area contributed by atoms with Crippen molar-refractivity contribution in [2.24, 2.45) is 10.2 Å². The number of rotatable bonds is 11. The topological polar surface area (TPSA) is 135 Å². The summed E-state index contributed by atoms with van der Waals surface area (Å²) in [6.45, 7) is 4.93. The normalized spacial score (nSPS) is 14.3. The van der Waals surface area contributed by atoms with Crippen molar-refractivity contribution in [1.29, 1.82) is 0 Å². The summed E-state index contributed by atoms with van der Waals surface area (Å²) < 4.78 is 74.7. The van der Waals surface area contributed by atoms with Crippen LogP contribution in [0.5, 0.6) is 0 Å². The number of carbonyl (C=O) groups is 1. The highest BCUT2D eigenvalue weighted by atomic mass is 32.2. The molecule has 0 bridgehead atoms. The Morgan fingerprint density at radius 1 is 1.22 bits per heavy atom. The molecule has 16 heteroatoms. The SMILES string of the molecule is CCC(CC)N1CCCc2cc(N=Nc3nnc(C(=O)OCCOC)s3)c(NS(=O)(=O)C(F)(F)F)cc21. The third kappa shape index (κ3) is 6.93. The van der Waals surface area contributed by atoms with Gasteiger partial charge in [-0.2, -0.15) is 21.6 Å². The predicted molar refractivity (Wildman–Crippen MR) is 131 cm³/mol. The summed E-state index contributed by atoms with van der Waals surface area (Å²) in [6.07, 6.45) is 3.08. The molecule has 0 unspecified atom stereocenters. The van der Waals surface area contributed by atoms with E-state index in [0.29, 0.717) is 18.7 Å². The maximum Gasteiger partial charge on any atom is 0.516 e. The van der Waals surface area contributed by atoms with Gasteiger partial charge in [-0.1, -0.05) is 25.2 Å². The first kappa shape index (κ1) is 28.7. The van der Waals surface area contributed by atoms with Crippen LogP contribution in [0.2, 0.25) is 0 Å². The average Bonchev–Trinajstić information content (AvgIpc) is 3.32. The minimum Gasteiger partial charge on any atom is -0.458 e. The summed E-state index contributed by atoms with van der Waals surface area (Å²) in [5.74, 6) is -0.745. The zero-order chi connectivity index (χ0) is 27.2. The number of ether oxygens (including phenoxy) is 2. The van der Waals surface area contributed by atoms with Gasteiger partial charge in [0.2, 0.25) is 5.01 Å². The van der Waals surface area contributed by atoms with Gasteiger partial charge in [-0.05, 0) is 43.4 Å². The van der Waals surface area contributed by atoms with Gasteiger partial charge in [0.15, 0.2) is 0 Å². The standard InChI is InChI=1S/C21H27F3N6O5S2/c1-4-14(5-2)30-8-6-7-13-11-15(16(12-17(13)30)29-37(32,33)21(22,23)24)25-27-20-28-26-18(36-20)19(31)35-10-9-34-3/h11-12,14,29H,4-10H2,1-3H3. The highest BCUT2D eigenvalue weighted by Gasteiger charge is 2.46. The molecule has 0 saturated carbocycles. The van der Waals surface area contributed by atoms with Crippen molar-refractivity contribution >= 4 is 49.5 Å². The first-order valence-corrected chi connectivity index (χ1v) is 13.7. The molecule has 37 heavy (non-hydrogen) atoms. The van der Waals surface area contributed by atoms with Crippen molar-refractivity contribution in [3.05, 3.63) is 22.7 Å². The van der Waals surface area contributed by atoms with Crippen molar-refractivity contribution in [2.45, 2.75) is 51.1 Å². The highest BCUT2D eigenvalue weighted by Crippen LogP contribution is 2.40. The van der Waals surface area contributed by atoms with Crippen LogP contribution >= 0.6 is 11.3 Å². The number of halogens is 3. The van der Waals surface area contributed by atoms with E-state index in [-0.39, 0.29) is 40.8 Å². The highest BCUT2D eigenvalue weighted by molar-refractivity contribution is 7.93. The van der Waals surface area contributed by atoms with Crippen molar-refractivity contribution < 1.29 is 35.9 Å². The Bertz CT molecular complexity index is 1230. The molecule has 0 radical (unpaired) electrons. The Hall–Kier alpha value is -2.85. The second-order valence-electron chi connectivity index (χ2n) is 8.04. The number of sulfonamides is 1. The minimum atomic E-state index is -5.72. The molecule has 1 aromatic heterocycles. The number of nitrogens with one attached hydrogen (secondary N) is 1. The monoisotopic (exact) mass is 564 g/mol. The molecule has 0 spiro atoms. The van der Waals surface area contributed by atoms with Crippen LogP contribution in [-0.2, 0) is 25.9 Å². The second kappa shape index (κ2) is 12.1. The number of hydrogen-bond donors (Lipinski definition) is 1. The van der Waals surface area contributed by atoms with Gasteiger partial charge in [-0.15, -0.1) is 20.4 Å². The number of alkyl halides is 3. The summed E-state index contributed by atoms with van der Waals surface area (Å²) in [5, 5.41) is 15.0. The van der Waals surface area contributed by atoms with Gasteiger partial charge in [0.05, 0.1) is 12.3 Å². The number of aromatic nitrogens is 2. The number of esters is 1. The number of methoxy groups -OCH3 is 1. The zero-order valence-electron chi connectivity index (χ0n) is 20.4. The Labute approximate surface area is 216 Å². The Morgan fingerprint density at radius 3 is 2.59 bits per heavy atom. The number of anilines is 2. The summed E-state index contributed by atoms with van der Waals surface area (Å²) in [5.41, 5.74) is -4.57. The molecule has 1 N–H and O–H groups in total. The zero-order valence-corrected chi connectivity index (χ0v) is 22.0. The van der Waals surface area contributed by atoms with Gasteiger partial charge in [-0.25, -0.2) is 4.79 Å². The molecule has 11 nitrogen and oxygen atoms in total. The smallest absolute Gasteiger partial charge is 0.458 e. The molecule has 1 aromatic carbocycles. The number of hydrogen-bond acceptors (Lipinski definition) is 11. The van der Waals surface area contributed by atoms with E-state index in [1.54, 1.807) is 4.72 Å². The number of nitrogens with zero attached hydrogens (tertiary/aromatic N) is 5. The second-order valence-corrected chi connectivity index (χ2v) is 10.7. The van der Waals surface area contributed by atoms with E-state index in [0.717, 1.165) is 36.2 Å². The molecule has 0 aliphatic carbocycles. The van der Waals surface area contributed by atoms with Gasteiger partial charge >= 0.3 is 21.5 Å². The summed E-state index contributed by atoms with van der Waals surface area (Å²) in [6, 6.07) is 3.02. The fourth-order valence-electron chi connectivity index (χ4n) is 3.84. The molecule has 0 saturated heterocycles. The molecule has 1 aliphatic rings. The van der Waals surface area contributed by atoms with Gasteiger partial charge in [0.1, 0.15) is 12.3 Å². The Kier molecular flexibility index (Phi) is 9.41. The first-order valence-electron chi connectivity index (χ1n) is 11.4. The molecular formula is C21H27F3N6O5S2. The van der Waals surface area contributed by atoms with Gasteiger partial charge in [-0.3, -0.25) is 4.72 Å². The molecule has 0 fully saturated rings. The number of aryl methyl sites for hydroxylation is 1. The van der Waals surface area contributed by atoms with Crippen molar-refractivity contribution in [3.63, 3.8) is 0 Å². The van der Waals surface area contributed by atoms with Crippen LogP contribution in [0.25, 0.3) is 0 Å². The number of azo groups is 1. The van der Waals surface area contributed by atoms with Crippen LogP contribution in [0.1, 0.15) is 48.5 Å². The molecule has 2 heterocycles. The fourth-order valence-corrected chi connectivity index (χ4v) is 4.97. The molecule has 2 aromatic rings. The van der Waals surface area contributed by atoms with Gasteiger partial charge in [0.25, 0.3) is 5.13 Å². The van der Waals surface area contributed by atoms with E-state index in [9.17, 15) is 26.4 Å². The van der Waals surface area contributed by atoms with E-state index < -0.39 is 21.5 Å². The fraction of sp³-hybridized carbons (Fsp3) is 0.571. The maximum absolute atomic E-state index is 13.2. The molecule has 1 aliphatic heterocycles. The number of carbonyl (C=O) groups excluding carboxylic acids is 1. The molecule has 3 rings (SSSR count). The maximum atomic E-state index is 13.2. The lowest BCUT2D eigenvalue weighted by Gasteiger charge is -2.38. The van der Waals surface area contributed by atoms with E-state index in [1.165, 1.54) is 19.2 Å². The van der Waals surface area contributed by atoms with Gasteiger partial charge < -0.3 is 14.4 Å². The van der Waals surface area contributed by atoms with Crippen LogP contribution in [0, 0.1) is 0 Å². The summed E-state index contributed by atoms with van der Waals surface area (Å²) >= 11 is 0.756. The lowest BCUT2D eigenvalue weighted by Crippen LogP contribution is -2.38. The quantitative estimate of drug-likeness (QED) is 0.230. The van der Waals surface area contributed by atoms with Crippen LogP contribution in [0.4, 0.5) is 35.4 Å². The first-order chi connectivity index (χ1) is 17.5. The van der Waals surface area contributed by atoms with Crippen molar-refractivity contribution in [2.75, 3.05) is 36.5 Å². The summed E-state index contributed by atoms with van der Waals surface area (Å²) in [7, 11) is -4.27.